The van der Waals surface area contributed by atoms with Crippen LogP contribution in [0, 0.1) is 0 Å². The molecule has 0 saturated heterocycles. The number of hydrogen-bond donors (Lipinski definition) is 5. The van der Waals surface area contributed by atoms with Crippen LogP contribution >= 0.6 is 0 Å². The minimum absolute atomic E-state index is 0.151. The minimum atomic E-state index is -1.63. The van der Waals surface area contributed by atoms with Crippen LogP contribution in [0.25, 0.3) is 0 Å². The molecule has 2 aromatic rings. The maximum absolute atomic E-state index is 9.52. The molecule has 0 amide bonds. The summed E-state index contributed by atoms with van der Waals surface area (Å²) >= 11 is 0. The molecule has 0 bridgehead atoms. The van der Waals surface area contributed by atoms with E-state index >= 15 is 0 Å². The van der Waals surface area contributed by atoms with Gasteiger partial charge in [-0.15, -0.1) is 0 Å². The number of aliphatic carboxylic acids is 1. The highest BCUT2D eigenvalue weighted by Crippen LogP contribution is 2.32. The molecule has 1 unspecified atom stereocenters. The van der Waals surface area contributed by atoms with Gasteiger partial charge < -0.3 is 25.5 Å². The van der Waals surface area contributed by atoms with Gasteiger partial charge in [0.25, 0.3) is 0 Å². The number of benzene rings is 2. The van der Waals surface area contributed by atoms with Gasteiger partial charge in [0.05, 0.1) is 6.61 Å². The summed E-state index contributed by atoms with van der Waals surface area (Å²) in [5.74, 6) is -0.854. The molecule has 0 saturated carbocycles. The first-order valence-electron chi connectivity index (χ1n) is 7.29. The number of hydrogen-bond acceptors (Lipinski definition) is 5. The average Bonchev–Trinajstić information content (AvgIpc) is 2.55. The third-order valence-electron chi connectivity index (χ3n) is 3.64. The summed E-state index contributed by atoms with van der Waals surface area (Å²) in [6.45, 7) is 3.51. The van der Waals surface area contributed by atoms with Gasteiger partial charge in [-0.2, -0.15) is 0 Å². The molecule has 24 heavy (non-hydrogen) atoms. The van der Waals surface area contributed by atoms with E-state index in [0.717, 1.165) is 11.1 Å². The predicted octanol–water partition coefficient (Wildman–Crippen LogP) is 1.85. The van der Waals surface area contributed by atoms with E-state index < -0.39 is 18.7 Å². The van der Waals surface area contributed by atoms with Crippen LogP contribution in [0.3, 0.4) is 0 Å². The first kappa shape index (κ1) is 19.5. The Morgan fingerprint density at radius 3 is 1.46 bits per heavy atom. The van der Waals surface area contributed by atoms with E-state index in [0.29, 0.717) is 0 Å². The first-order chi connectivity index (χ1) is 11.2. The van der Waals surface area contributed by atoms with Gasteiger partial charge in [-0.3, -0.25) is 0 Å². The molecule has 6 nitrogen and oxygen atoms in total. The fourth-order valence-corrected chi connectivity index (χ4v) is 2.00. The van der Waals surface area contributed by atoms with Crippen molar-refractivity contribution in [3.63, 3.8) is 0 Å². The van der Waals surface area contributed by atoms with Crippen LogP contribution in [0.2, 0.25) is 0 Å². The number of phenols is 2. The van der Waals surface area contributed by atoms with Crippen LogP contribution in [0.5, 0.6) is 11.5 Å². The molecular formula is C18H22O6. The average molecular weight is 334 g/mol. The molecular weight excluding hydrogens is 312 g/mol. The topological polar surface area (TPSA) is 118 Å². The van der Waals surface area contributed by atoms with Gasteiger partial charge in [0, 0.05) is 5.41 Å². The van der Waals surface area contributed by atoms with Gasteiger partial charge in [-0.1, -0.05) is 38.1 Å². The van der Waals surface area contributed by atoms with Crippen molar-refractivity contribution in [2.24, 2.45) is 0 Å². The zero-order valence-electron chi connectivity index (χ0n) is 13.5. The lowest BCUT2D eigenvalue weighted by Crippen LogP contribution is -2.22. The van der Waals surface area contributed by atoms with E-state index in [1.54, 1.807) is 24.3 Å². The van der Waals surface area contributed by atoms with Crippen LogP contribution in [0.1, 0.15) is 25.0 Å². The Morgan fingerprint density at radius 2 is 1.25 bits per heavy atom. The van der Waals surface area contributed by atoms with Crippen molar-refractivity contribution in [2.75, 3.05) is 6.61 Å². The largest absolute Gasteiger partial charge is 0.508 e. The quantitative estimate of drug-likeness (QED) is 0.582. The molecule has 2 aromatic carbocycles. The van der Waals surface area contributed by atoms with Crippen molar-refractivity contribution in [3.8, 4) is 11.5 Å². The van der Waals surface area contributed by atoms with Gasteiger partial charge >= 0.3 is 5.97 Å². The fourth-order valence-electron chi connectivity index (χ4n) is 2.00. The summed E-state index contributed by atoms with van der Waals surface area (Å²) in [6, 6.07) is 14.4. The molecule has 1 atom stereocenters. The molecule has 130 valence electrons. The number of carboxylic acid groups (broad SMARTS) is 1. The van der Waals surface area contributed by atoms with E-state index in [2.05, 4.69) is 13.8 Å². The summed E-state index contributed by atoms with van der Waals surface area (Å²) in [4.78, 5) is 9.52. The van der Waals surface area contributed by atoms with Crippen molar-refractivity contribution in [2.45, 2.75) is 25.4 Å². The molecule has 0 aromatic heterocycles. The second kappa shape index (κ2) is 8.33. The second-order valence-electron chi connectivity index (χ2n) is 5.76. The Labute approximate surface area is 140 Å². The van der Waals surface area contributed by atoms with Crippen LogP contribution < -0.4 is 0 Å². The second-order valence-corrected chi connectivity index (χ2v) is 5.76. The standard InChI is InChI=1S/C15H16O2.C3H6O4/c1-15(2,11-3-7-13(16)8-4-11)12-5-9-14(17)10-6-12;4-1-2(5)3(6)7/h3-10,16-17H,1-2H3;2,4-5H,1H2,(H,6,7). The maximum Gasteiger partial charge on any atom is 0.334 e. The van der Waals surface area contributed by atoms with E-state index in [1.807, 2.05) is 24.3 Å². The zero-order valence-corrected chi connectivity index (χ0v) is 13.5. The molecule has 0 fully saturated rings. The Bertz CT molecular complexity index is 599. The van der Waals surface area contributed by atoms with Gasteiger partial charge in [0.15, 0.2) is 6.10 Å². The smallest absolute Gasteiger partial charge is 0.334 e. The summed E-state index contributed by atoms with van der Waals surface area (Å²) in [7, 11) is 0. The number of aromatic hydroxyl groups is 2. The molecule has 0 heterocycles. The van der Waals surface area contributed by atoms with Crippen molar-refractivity contribution in [1.29, 1.82) is 0 Å². The van der Waals surface area contributed by atoms with Crippen LogP contribution in [0.15, 0.2) is 48.5 Å². The SMILES string of the molecule is CC(C)(c1ccc(O)cc1)c1ccc(O)cc1.O=C(O)C(O)CO. The van der Waals surface area contributed by atoms with Crippen molar-refractivity contribution in [3.05, 3.63) is 59.7 Å². The van der Waals surface area contributed by atoms with E-state index in [9.17, 15) is 15.0 Å². The monoisotopic (exact) mass is 334 g/mol. The summed E-state index contributed by atoms with van der Waals surface area (Å²) in [6.07, 6.45) is -1.63. The summed E-state index contributed by atoms with van der Waals surface area (Å²) in [5.41, 5.74) is 2.10. The highest BCUT2D eigenvalue weighted by atomic mass is 16.4. The Kier molecular flexibility index (Phi) is 6.76. The van der Waals surface area contributed by atoms with Crippen molar-refractivity contribution < 1.29 is 30.3 Å². The summed E-state index contributed by atoms with van der Waals surface area (Å²) < 4.78 is 0. The van der Waals surface area contributed by atoms with Gasteiger partial charge in [0.2, 0.25) is 0 Å². The normalized spacial score (nSPS) is 12.0. The van der Waals surface area contributed by atoms with E-state index in [4.69, 9.17) is 15.3 Å². The Hall–Kier alpha value is -2.57. The third-order valence-corrected chi connectivity index (χ3v) is 3.64. The van der Waals surface area contributed by atoms with Gasteiger partial charge in [0.1, 0.15) is 11.5 Å². The molecule has 0 spiro atoms. The molecule has 5 N–H and O–H groups in total. The number of aliphatic hydroxyl groups is 2. The number of aliphatic hydroxyl groups excluding tert-OH is 2. The van der Waals surface area contributed by atoms with Crippen LogP contribution in [0.4, 0.5) is 0 Å². The number of carboxylic acids is 1. The molecule has 0 aliphatic carbocycles. The van der Waals surface area contributed by atoms with Crippen LogP contribution in [-0.2, 0) is 10.2 Å². The lowest BCUT2D eigenvalue weighted by atomic mass is 9.78. The highest BCUT2D eigenvalue weighted by molar-refractivity contribution is 5.71. The van der Waals surface area contributed by atoms with E-state index in [-0.39, 0.29) is 16.9 Å². The highest BCUT2D eigenvalue weighted by Gasteiger charge is 2.22. The maximum atomic E-state index is 9.52. The first-order valence-corrected chi connectivity index (χ1v) is 7.29. The van der Waals surface area contributed by atoms with Crippen molar-refractivity contribution >= 4 is 5.97 Å². The minimum Gasteiger partial charge on any atom is -0.508 e. The Morgan fingerprint density at radius 1 is 0.917 bits per heavy atom. The fraction of sp³-hybridized carbons (Fsp3) is 0.278. The molecule has 2 rings (SSSR count). The summed E-state index contributed by atoms with van der Waals surface area (Å²) in [5, 5.41) is 42.3. The van der Waals surface area contributed by atoms with Gasteiger partial charge in [-0.05, 0) is 35.4 Å². The number of rotatable bonds is 4. The third kappa shape index (κ3) is 5.26. The number of phenolic OH excluding ortho intramolecular Hbond substituents is 2. The van der Waals surface area contributed by atoms with Crippen molar-refractivity contribution in [1.82, 2.24) is 0 Å². The molecule has 0 aliphatic heterocycles. The van der Waals surface area contributed by atoms with Gasteiger partial charge in [-0.25, -0.2) is 4.79 Å². The molecule has 0 radical (unpaired) electrons. The predicted molar refractivity (Wildman–Crippen MR) is 89.1 cm³/mol. The van der Waals surface area contributed by atoms with Crippen LogP contribution in [-0.4, -0.2) is 44.2 Å². The van der Waals surface area contributed by atoms with E-state index in [1.165, 1.54) is 0 Å². The molecule has 6 heteroatoms. The number of carbonyl (C=O) groups is 1. The lowest BCUT2D eigenvalue weighted by Gasteiger charge is -2.26. The molecule has 0 aliphatic rings. The zero-order chi connectivity index (χ0) is 18.3. The lowest BCUT2D eigenvalue weighted by molar-refractivity contribution is -0.148. The Balaban J connectivity index is 0.000000351.